The summed E-state index contributed by atoms with van der Waals surface area (Å²) in [5, 5.41) is 16.1. The molecule has 3 aromatic rings. The van der Waals surface area contributed by atoms with Crippen LogP contribution >= 0.6 is 0 Å². The normalized spacial score (nSPS) is 21.9. The Morgan fingerprint density at radius 3 is 2.81 bits per heavy atom. The summed E-state index contributed by atoms with van der Waals surface area (Å²) in [7, 11) is -2.88. The lowest BCUT2D eigenvalue weighted by Gasteiger charge is -2.35. The van der Waals surface area contributed by atoms with Crippen molar-refractivity contribution in [3.63, 3.8) is 0 Å². The van der Waals surface area contributed by atoms with Crippen LogP contribution in [0.15, 0.2) is 30.7 Å². The van der Waals surface area contributed by atoms with Gasteiger partial charge in [-0.2, -0.15) is 0 Å². The number of hydrogen-bond acceptors (Lipinski definition) is 7. The Kier molecular flexibility index (Phi) is 4.73. The van der Waals surface area contributed by atoms with Crippen LogP contribution in [0.2, 0.25) is 0 Å². The lowest BCUT2D eigenvalue weighted by Crippen LogP contribution is -2.44. The minimum absolute atomic E-state index is 0.0958. The first-order valence-electron chi connectivity index (χ1n) is 10.3. The Labute approximate surface area is 185 Å². The topological polar surface area (TPSA) is 136 Å². The van der Waals surface area contributed by atoms with Gasteiger partial charge in [0.1, 0.15) is 5.82 Å². The highest BCUT2D eigenvalue weighted by atomic mass is 32.2. The van der Waals surface area contributed by atoms with E-state index in [4.69, 9.17) is 19.8 Å². The van der Waals surface area contributed by atoms with Crippen molar-refractivity contribution in [3.05, 3.63) is 36.4 Å². The second kappa shape index (κ2) is 7.26. The molecular weight excluding hydrogens is 432 g/mol. The number of aromatic nitrogens is 4. The van der Waals surface area contributed by atoms with E-state index in [1.165, 1.54) is 12.4 Å². The number of nitrogens with two attached hydrogens (primary N) is 1. The molecule has 5 rings (SSSR count). The average molecular weight is 457 g/mol. The smallest absolute Gasteiger partial charge is 0.416 e. The van der Waals surface area contributed by atoms with Gasteiger partial charge in [-0.1, -0.05) is 0 Å². The molecule has 10 nitrogen and oxygen atoms in total. The zero-order valence-electron chi connectivity index (χ0n) is 17.6. The van der Waals surface area contributed by atoms with E-state index in [9.17, 15) is 14.1 Å². The van der Waals surface area contributed by atoms with Crippen molar-refractivity contribution >= 4 is 38.4 Å². The number of fused-ring (bicyclic) bond motifs is 1. The molecule has 1 saturated heterocycles. The molecule has 3 aromatic heterocycles. The SMILES string of the molecule is C=S(N)(=O)C1(c2cc(N3CCOC[C@H]3C)nc(-c3cncc4c3ccn4C(=O)O)n2)CC1. The minimum atomic E-state index is -2.88. The minimum Gasteiger partial charge on any atom is -0.464 e. The van der Waals surface area contributed by atoms with Gasteiger partial charge in [-0.25, -0.2) is 14.8 Å². The Balaban J connectivity index is 1.73. The van der Waals surface area contributed by atoms with Crippen molar-refractivity contribution in [2.45, 2.75) is 30.6 Å². The first-order valence-corrected chi connectivity index (χ1v) is 12.1. The number of hydrogen-bond donors (Lipinski definition) is 2. The first-order chi connectivity index (χ1) is 15.2. The van der Waals surface area contributed by atoms with Gasteiger partial charge in [-0.15, -0.1) is 0 Å². The van der Waals surface area contributed by atoms with Crippen molar-refractivity contribution in [2.75, 3.05) is 24.7 Å². The molecule has 1 saturated carbocycles. The number of rotatable bonds is 4. The first kappa shape index (κ1) is 20.9. The number of carbonyl (C=O) groups is 1. The lowest BCUT2D eigenvalue weighted by atomic mass is 10.1. The number of nitrogens with zero attached hydrogens (tertiary/aromatic N) is 5. The Hall–Kier alpha value is -3.02. The molecule has 2 aliphatic rings. The molecule has 1 aliphatic heterocycles. The van der Waals surface area contributed by atoms with Gasteiger partial charge in [0.2, 0.25) is 0 Å². The molecule has 0 bridgehead atoms. The third-order valence-electron chi connectivity index (χ3n) is 6.27. The number of carboxylic acid groups (broad SMARTS) is 1. The molecule has 32 heavy (non-hydrogen) atoms. The van der Waals surface area contributed by atoms with Crippen molar-refractivity contribution in [1.29, 1.82) is 0 Å². The summed E-state index contributed by atoms with van der Waals surface area (Å²) in [6.45, 7) is 3.85. The van der Waals surface area contributed by atoms with Crippen LogP contribution in [0.3, 0.4) is 0 Å². The van der Waals surface area contributed by atoms with Crippen LogP contribution in [-0.4, -0.2) is 66.6 Å². The molecule has 0 amide bonds. The average Bonchev–Trinajstić information content (AvgIpc) is 3.47. The van der Waals surface area contributed by atoms with Crippen molar-refractivity contribution < 1.29 is 18.8 Å². The van der Waals surface area contributed by atoms with Crippen molar-refractivity contribution in [1.82, 2.24) is 19.5 Å². The van der Waals surface area contributed by atoms with Gasteiger partial charge < -0.3 is 14.7 Å². The molecule has 11 heteroatoms. The quantitative estimate of drug-likeness (QED) is 0.567. The fourth-order valence-corrected chi connectivity index (χ4v) is 5.55. The number of pyridine rings is 1. The van der Waals surface area contributed by atoms with E-state index in [1.807, 2.05) is 6.07 Å². The lowest BCUT2D eigenvalue weighted by molar-refractivity contribution is 0.0985. The van der Waals surface area contributed by atoms with Crippen molar-refractivity contribution in [3.8, 4) is 11.4 Å². The maximum atomic E-state index is 12.9. The van der Waals surface area contributed by atoms with Crippen LogP contribution in [0.25, 0.3) is 22.3 Å². The van der Waals surface area contributed by atoms with E-state index in [0.717, 1.165) is 4.57 Å². The third kappa shape index (κ3) is 3.24. The summed E-state index contributed by atoms with van der Waals surface area (Å²) in [5.74, 6) is 4.81. The monoisotopic (exact) mass is 456 g/mol. The molecule has 1 unspecified atom stereocenters. The molecule has 0 radical (unpaired) electrons. The fraction of sp³-hybridized carbons (Fsp3) is 0.381. The van der Waals surface area contributed by atoms with Crippen LogP contribution < -0.4 is 10.0 Å². The standard InChI is InChI=1S/C21H24N6O4S/c1-13-12-31-8-7-26(13)18-9-17(21(4-5-21)32(2,22)30)24-19(25-18)15-10-23-11-16-14(15)3-6-27(16)20(28)29/h3,6,9-11,13H,2,4-5,7-8,12H2,1H3,(H2,22,30)(H,28,29)/t13-,32?/m1/s1. The summed E-state index contributed by atoms with van der Waals surface area (Å²) in [4.78, 5) is 27.5. The number of morpholine rings is 1. The zero-order valence-corrected chi connectivity index (χ0v) is 18.4. The highest BCUT2D eigenvalue weighted by Crippen LogP contribution is 2.51. The van der Waals surface area contributed by atoms with Gasteiger partial charge in [-0.3, -0.25) is 18.9 Å². The predicted molar refractivity (Wildman–Crippen MR) is 122 cm³/mol. The van der Waals surface area contributed by atoms with Gasteiger partial charge in [0, 0.05) is 45.7 Å². The molecule has 0 spiro atoms. The highest BCUT2D eigenvalue weighted by Gasteiger charge is 2.52. The van der Waals surface area contributed by atoms with E-state index in [2.05, 4.69) is 22.7 Å². The van der Waals surface area contributed by atoms with Crippen LogP contribution in [-0.2, 0) is 19.2 Å². The third-order valence-corrected chi connectivity index (χ3v) is 8.21. The van der Waals surface area contributed by atoms with Crippen molar-refractivity contribution in [2.24, 2.45) is 5.14 Å². The van der Waals surface area contributed by atoms with Gasteiger partial charge >= 0.3 is 6.09 Å². The molecule has 168 valence electrons. The van der Waals surface area contributed by atoms with E-state index < -0.39 is 20.5 Å². The molecule has 2 atom stereocenters. The Bertz CT molecular complexity index is 1330. The maximum absolute atomic E-state index is 12.9. The summed E-state index contributed by atoms with van der Waals surface area (Å²) in [5.41, 5.74) is 1.62. The Morgan fingerprint density at radius 1 is 1.38 bits per heavy atom. The Morgan fingerprint density at radius 2 is 2.16 bits per heavy atom. The van der Waals surface area contributed by atoms with E-state index in [0.29, 0.717) is 66.4 Å². The molecule has 0 aromatic carbocycles. The van der Waals surface area contributed by atoms with Gasteiger partial charge in [-0.05, 0) is 31.7 Å². The van der Waals surface area contributed by atoms with Gasteiger partial charge in [0.25, 0.3) is 0 Å². The molecule has 1 aliphatic carbocycles. The van der Waals surface area contributed by atoms with E-state index in [1.54, 1.807) is 12.3 Å². The van der Waals surface area contributed by atoms with Crippen LogP contribution in [0.5, 0.6) is 0 Å². The molecule has 2 fully saturated rings. The summed E-state index contributed by atoms with van der Waals surface area (Å²) in [6, 6.07) is 3.65. The molecular formula is C21H24N6O4S. The number of anilines is 1. The summed E-state index contributed by atoms with van der Waals surface area (Å²) in [6.07, 6.45) is 4.75. The largest absolute Gasteiger partial charge is 0.464 e. The molecule has 4 heterocycles. The zero-order chi connectivity index (χ0) is 22.7. The second-order valence-corrected chi connectivity index (χ2v) is 10.6. The van der Waals surface area contributed by atoms with Crippen LogP contribution in [0.4, 0.5) is 10.6 Å². The summed E-state index contributed by atoms with van der Waals surface area (Å²) >= 11 is 0. The molecule has 3 N–H and O–H groups in total. The summed E-state index contributed by atoms with van der Waals surface area (Å²) < 4.78 is 18.7. The second-order valence-electron chi connectivity index (χ2n) is 8.36. The maximum Gasteiger partial charge on any atom is 0.416 e. The predicted octanol–water partition coefficient (Wildman–Crippen LogP) is 1.82. The van der Waals surface area contributed by atoms with E-state index in [-0.39, 0.29) is 6.04 Å². The van der Waals surface area contributed by atoms with Gasteiger partial charge in [0.15, 0.2) is 5.82 Å². The van der Waals surface area contributed by atoms with Gasteiger partial charge in [0.05, 0.1) is 41.4 Å². The number of ether oxygens (including phenoxy) is 1. The fourth-order valence-electron chi connectivity index (χ4n) is 4.30. The highest BCUT2D eigenvalue weighted by molar-refractivity contribution is 7.99. The van der Waals surface area contributed by atoms with Crippen LogP contribution in [0, 0.1) is 0 Å². The van der Waals surface area contributed by atoms with E-state index >= 15 is 0 Å². The van der Waals surface area contributed by atoms with Crippen LogP contribution in [0.1, 0.15) is 25.5 Å².